The summed E-state index contributed by atoms with van der Waals surface area (Å²) in [5.74, 6) is 0. The predicted octanol–water partition coefficient (Wildman–Crippen LogP) is 4.28. The first-order valence-corrected chi connectivity index (χ1v) is 6.97. The summed E-state index contributed by atoms with van der Waals surface area (Å²) in [6.45, 7) is 5.03. The number of hydrogen-bond acceptors (Lipinski definition) is 2. The van der Waals surface area contributed by atoms with E-state index < -0.39 is 0 Å². The number of nitrogens with zero attached hydrogens (tertiary/aromatic N) is 1. The largest absolute Gasteiger partial charge is 0.383 e. The second kappa shape index (κ2) is 7.05. The molecule has 2 rings (SSSR count). The normalized spacial score (nSPS) is 10.2. The Kier molecular flexibility index (Phi) is 5.10. The Morgan fingerprint density at radius 1 is 1.05 bits per heavy atom. The van der Waals surface area contributed by atoms with Crippen LogP contribution >= 0.6 is 11.6 Å². The fraction of sp³-hybridized carbons (Fsp3) is 0.250. The molecule has 2 aromatic carbocycles. The second-order valence-corrected chi connectivity index (χ2v) is 4.79. The Bertz CT molecular complexity index is 499. The van der Waals surface area contributed by atoms with Gasteiger partial charge in [-0.15, -0.1) is 0 Å². The highest BCUT2D eigenvalue weighted by molar-refractivity contribution is 6.30. The molecule has 0 amide bonds. The predicted molar refractivity (Wildman–Crippen MR) is 84.3 cm³/mol. The highest BCUT2D eigenvalue weighted by atomic mass is 35.5. The van der Waals surface area contributed by atoms with E-state index in [9.17, 15) is 0 Å². The zero-order valence-electron chi connectivity index (χ0n) is 11.1. The molecule has 0 aliphatic heterocycles. The van der Waals surface area contributed by atoms with Crippen LogP contribution in [0.25, 0.3) is 0 Å². The van der Waals surface area contributed by atoms with Crippen LogP contribution in [0.2, 0.25) is 5.02 Å². The minimum absolute atomic E-state index is 0.764. The zero-order chi connectivity index (χ0) is 13.5. The van der Waals surface area contributed by atoms with Crippen molar-refractivity contribution in [3.63, 3.8) is 0 Å². The van der Waals surface area contributed by atoms with Gasteiger partial charge in [-0.3, -0.25) is 0 Å². The van der Waals surface area contributed by atoms with Crippen LogP contribution in [0.4, 0.5) is 11.4 Å². The molecule has 2 aromatic rings. The molecular formula is C16H19ClN2. The lowest BCUT2D eigenvalue weighted by Crippen LogP contribution is -2.28. The van der Waals surface area contributed by atoms with Crippen LogP contribution in [-0.2, 0) is 0 Å². The van der Waals surface area contributed by atoms with Gasteiger partial charge in [0.05, 0.1) is 0 Å². The molecule has 0 aromatic heterocycles. The summed E-state index contributed by atoms with van der Waals surface area (Å²) in [7, 11) is 0. The fourth-order valence-electron chi connectivity index (χ4n) is 2.04. The molecule has 0 aliphatic rings. The van der Waals surface area contributed by atoms with E-state index in [-0.39, 0.29) is 0 Å². The van der Waals surface area contributed by atoms with Gasteiger partial charge in [0.25, 0.3) is 0 Å². The topological polar surface area (TPSA) is 15.3 Å². The van der Waals surface area contributed by atoms with Gasteiger partial charge >= 0.3 is 0 Å². The van der Waals surface area contributed by atoms with E-state index in [1.54, 1.807) is 0 Å². The standard InChI is InChI=1S/C16H19ClN2/c1-2-19(16-9-4-3-5-10-16)12-11-18-15-8-6-7-14(17)13-15/h3-10,13,18H,2,11-12H2,1H3. The number of benzene rings is 2. The molecule has 0 fully saturated rings. The van der Waals surface area contributed by atoms with Gasteiger partial charge < -0.3 is 10.2 Å². The van der Waals surface area contributed by atoms with E-state index in [2.05, 4.69) is 41.4 Å². The maximum absolute atomic E-state index is 5.96. The SMILES string of the molecule is CCN(CCNc1cccc(Cl)c1)c1ccccc1. The minimum atomic E-state index is 0.764. The summed E-state index contributed by atoms with van der Waals surface area (Å²) in [6, 6.07) is 18.3. The number of nitrogens with one attached hydrogen (secondary N) is 1. The lowest BCUT2D eigenvalue weighted by molar-refractivity contribution is 0.835. The molecule has 0 atom stereocenters. The molecule has 0 saturated carbocycles. The first kappa shape index (κ1) is 13.8. The van der Waals surface area contributed by atoms with Crippen molar-refractivity contribution in [1.82, 2.24) is 0 Å². The van der Waals surface area contributed by atoms with Crippen molar-refractivity contribution in [2.24, 2.45) is 0 Å². The zero-order valence-corrected chi connectivity index (χ0v) is 11.9. The average molecular weight is 275 g/mol. The van der Waals surface area contributed by atoms with Crippen LogP contribution in [0.5, 0.6) is 0 Å². The monoisotopic (exact) mass is 274 g/mol. The molecule has 2 nitrogen and oxygen atoms in total. The lowest BCUT2D eigenvalue weighted by atomic mass is 10.3. The van der Waals surface area contributed by atoms with Gasteiger partial charge in [0.1, 0.15) is 0 Å². The van der Waals surface area contributed by atoms with E-state index in [1.165, 1.54) is 5.69 Å². The van der Waals surface area contributed by atoms with Crippen molar-refractivity contribution in [1.29, 1.82) is 0 Å². The summed E-state index contributed by atoms with van der Waals surface area (Å²) >= 11 is 5.96. The first-order valence-electron chi connectivity index (χ1n) is 6.59. The number of anilines is 2. The Balaban J connectivity index is 1.87. The Morgan fingerprint density at radius 3 is 2.53 bits per heavy atom. The van der Waals surface area contributed by atoms with Gasteiger partial charge in [-0.1, -0.05) is 35.9 Å². The van der Waals surface area contributed by atoms with Gasteiger partial charge in [-0.05, 0) is 37.3 Å². The molecule has 1 N–H and O–H groups in total. The van der Waals surface area contributed by atoms with Crippen molar-refractivity contribution >= 4 is 23.0 Å². The molecule has 100 valence electrons. The Labute approximate surface area is 120 Å². The quantitative estimate of drug-likeness (QED) is 0.846. The van der Waals surface area contributed by atoms with Crippen LogP contribution in [-0.4, -0.2) is 19.6 Å². The molecule has 0 spiro atoms. The minimum Gasteiger partial charge on any atom is -0.383 e. The average Bonchev–Trinajstić information content (AvgIpc) is 2.45. The number of likely N-dealkylation sites (N-methyl/N-ethyl adjacent to an activating group) is 1. The molecule has 0 bridgehead atoms. The summed E-state index contributed by atoms with van der Waals surface area (Å²) in [6.07, 6.45) is 0. The van der Waals surface area contributed by atoms with Gasteiger partial charge in [-0.25, -0.2) is 0 Å². The number of hydrogen-bond donors (Lipinski definition) is 1. The molecule has 0 radical (unpaired) electrons. The Morgan fingerprint density at radius 2 is 1.84 bits per heavy atom. The lowest BCUT2D eigenvalue weighted by Gasteiger charge is -2.23. The molecule has 0 aliphatic carbocycles. The van der Waals surface area contributed by atoms with Crippen LogP contribution in [0.3, 0.4) is 0 Å². The molecule has 0 saturated heterocycles. The van der Waals surface area contributed by atoms with Crippen LogP contribution < -0.4 is 10.2 Å². The van der Waals surface area contributed by atoms with Crippen LogP contribution in [0.15, 0.2) is 54.6 Å². The third kappa shape index (κ3) is 4.18. The molecule has 0 heterocycles. The summed E-state index contributed by atoms with van der Waals surface area (Å²) in [5.41, 5.74) is 2.33. The fourth-order valence-corrected chi connectivity index (χ4v) is 2.23. The summed E-state index contributed by atoms with van der Waals surface area (Å²) < 4.78 is 0. The molecule has 3 heteroatoms. The van der Waals surface area contributed by atoms with Crippen LogP contribution in [0, 0.1) is 0 Å². The van der Waals surface area contributed by atoms with E-state index in [0.717, 1.165) is 30.3 Å². The molecule has 19 heavy (non-hydrogen) atoms. The van der Waals surface area contributed by atoms with Gasteiger partial charge in [0, 0.05) is 36.0 Å². The van der Waals surface area contributed by atoms with Crippen molar-refractivity contribution in [3.8, 4) is 0 Å². The Hall–Kier alpha value is -1.67. The highest BCUT2D eigenvalue weighted by Crippen LogP contribution is 2.15. The highest BCUT2D eigenvalue weighted by Gasteiger charge is 2.02. The van der Waals surface area contributed by atoms with Crippen molar-refractivity contribution < 1.29 is 0 Å². The smallest absolute Gasteiger partial charge is 0.0426 e. The number of halogens is 1. The third-order valence-electron chi connectivity index (χ3n) is 3.04. The van der Waals surface area contributed by atoms with E-state index in [1.807, 2.05) is 30.3 Å². The maximum Gasteiger partial charge on any atom is 0.0426 e. The molecule has 0 unspecified atom stereocenters. The number of para-hydroxylation sites is 1. The summed E-state index contributed by atoms with van der Waals surface area (Å²) in [4.78, 5) is 2.34. The van der Waals surface area contributed by atoms with Gasteiger partial charge in [0.15, 0.2) is 0 Å². The van der Waals surface area contributed by atoms with Crippen molar-refractivity contribution in [2.75, 3.05) is 29.9 Å². The number of rotatable bonds is 6. The molecular weight excluding hydrogens is 256 g/mol. The van der Waals surface area contributed by atoms with E-state index in [4.69, 9.17) is 11.6 Å². The first-order chi connectivity index (χ1) is 9.29. The van der Waals surface area contributed by atoms with Gasteiger partial charge in [0.2, 0.25) is 0 Å². The van der Waals surface area contributed by atoms with Gasteiger partial charge in [-0.2, -0.15) is 0 Å². The van der Waals surface area contributed by atoms with E-state index >= 15 is 0 Å². The van der Waals surface area contributed by atoms with E-state index in [0.29, 0.717) is 0 Å². The summed E-state index contributed by atoms with van der Waals surface area (Å²) in [5, 5.41) is 4.16. The van der Waals surface area contributed by atoms with Crippen molar-refractivity contribution in [3.05, 3.63) is 59.6 Å². The second-order valence-electron chi connectivity index (χ2n) is 4.35. The maximum atomic E-state index is 5.96. The third-order valence-corrected chi connectivity index (χ3v) is 3.27. The van der Waals surface area contributed by atoms with Crippen molar-refractivity contribution in [2.45, 2.75) is 6.92 Å². The van der Waals surface area contributed by atoms with Crippen LogP contribution in [0.1, 0.15) is 6.92 Å².